The quantitative estimate of drug-likeness (QED) is 0.231. The summed E-state index contributed by atoms with van der Waals surface area (Å²) in [6.07, 6.45) is -3.17. The molecule has 13 heteroatoms. The highest BCUT2D eigenvalue weighted by molar-refractivity contribution is 7.93. The molecule has 0 saturated carbocycles. The van der Waals surface area contributed by atoms with Gasteiger partial charge in [-0.3, -0.25) is 4.72 Å². The molecular formula is C23H32FNO10S. The highest BCUT2D eigenvalue weighted by atomic mass is 32.2. The van der Waals surface area contributed by atoms with Crippen LogP contribution in [0.3, 0.4) is 0 Å². The summed E-state index contributed by atoms with van der Waals surface area (Å²) in [6, 6.07) is 3.63. The molecule has 202 valence electrons. The zero-order chi connectivity index (χ0) is 26.7. The third-order valence-electron chi connectivity index (χ3n) is 6.35. The fourth-order valence-electron chi connectivity index (χ4n) is 4.48. The number of halogens is 1. The minimum Gasteiger partial charge on any atom is -0.478 e. The Labute approximate surface area is 208 Å². The van der Waals surface area contributed by atoms with Gasteiger partial charge in [-0.25, -0.2) is 17.6 Å². The number of nitrogens with one attached hydrogen (secondary N) is 1. The van der Waals surface area contributed by atoms with Crippen molar-refractivity contribution >= 4 is 21.7 Å². The number of aryl methyl sites for hydroxylation is 1. The summed E-state index contributed by atoms with van der Waals surface area (Å²) in [5.41, 5.74) is 0.0422. The van der Waals surface area contributed by atoms with E-state index in [-0.39, 0.29) is 18.5 Å². The van der Waals surface area contributed by atoms with Crippen LogP contribution in [-0.2, 0) is 30.7 Å². The Balaban J connectivity index is 1.93. The van der Waals surface area contributed by atoms with E-state index in [1.165, 1.54) is 12.1 Å². The van der Waals surface area contributed by atoms with Gasteiger partial charge in [0, 0.05) is 6.42 Å². The van der Waals surface area contributed by atoms with Crippen LogP contribution in [0, 0.1) is 5.82 Å². The van der Waals surface area contributed by atoms with Gasteiger partial charge in [-0.15, -0.1) is 0 Å². The number of carboxylic acids is 1. The normalized spacial score (nSPS) is 28.1. The van der Waals surface area contributed by atoms with Gasteiger partial charge in [0.05, 0.1) is 24.5 Å². The minimum absolute atomic E-state index is 0.153. The molecule has 1 spiro atoms. The summed E-state index contributed by atoms with van der Waals surface area (Å²) < 4.78 is 54.2. The Kier molecular flexibility index (Phi) is 9.09. The number of aliphatic hydroxyl groups is 4. The monoisotopic (exact) mass is 533 g/mol. The zero-order valence-corrected chi connectivity index (χ0v) is 20.5. The van der Waals surface area contributed by atoms with Crippen LogP contribution in [0.4, 0.5) is 10.1 Å². The Morgan fingerprint density at radius 2 is 1.81 bits per heavy atom. The number of aliphatic hydroxyl groups excluding tert-OH is 4. The number of carbonyl (C=O) groups is 1. The first-order valence-corrected chi connectivity index (χ1v) is 13.2. The van der Waals surface area contributed by atoms with Gasteiger partial charge in [0.25, 0.3) is 0 Å². The van der Waals surface area contributed by atoms with Gasteiger partial charge in [0.15, 0.2) is 5.79 Å². The van der Waals surface area contributed by atoms with Crippen LogP contribution in [0.15, 0.2) is 29.8 Å². The number of hydrogen-bond acceptors (Lipinski definition) is 9. The highest BCUT2D eigenvalue weighted by Crippen LogP contribution is 2.42. The molecule has 1 aromatic carbocycles. The number of sulfonamides is 1. The fraction of sp³-hybridized carbons (Fsp3) is 0.609. The number of aliphatic carboxylic acids is 1. The predicted octanol–water partition coefficient (Wildman–Crippen LogP) is 0.270. The number of rotatable bonds is 11. The van der Waals surface area contributed by atoms with E-state index in [1.54, 1.807) is 0 Å². The first kappa shape index (κ1) is 28.4. The van der Waals surface area contributed by atoms with Crippen molar-refractivity contribution in [1.82, 2.24) is 0 Å². The average molecular weight is 534 g/mol. The molecule has 3 rings (SSSR count). The van der Waals surface area contributed by atoms with Crippen LogP contribution >= 0.6 is 0 Å². The van der Waals surface area contributed by atoms with Gasteiger partial charge in [0.1, 0.15) is 35.5 Å². The molecule has 36 heavy (non-hydrogen) atoms. The maximum absolute atomic E-state index is 13.8. The van der Waals surface area contributed by atoms with Gasteiger partial charge in [-0.1, -0.05) is 13.3 Å². The van der Waals surface area contributed by atoms with E-state index >= 15 is 0 Å². The van der Waals surface area contributed by atoms with E-state index in [9.17, 15) is 43.1 Å². The zero-order valence-electron chi connectivity index (χ0n) is 19.7. The summed E-state index contributed by atoms with van der Waals surface area (Å²) in [6.45, 7) is 0.423. The van der Waals surface area contributed by atoms with Crippen molar-refractivity contribution in [3.63, 3.8) is 0 Å². The second kappa shape index (κ2) is 11.5. The number of carboxylic acid groups (broad SMARTS) is 1. The van der Waals surface area contributed by atoms with E-state index < -0.39 is 76.0 Å². The lowest BCUT2D eigenvalue weighted by atomic mass is 9.94. The molecule has 1 fully saturated rings. The van der Waals surface area contributed by atoms with Crippen LogP contribution in [0.5, 0.6) is 0 Å². The van der Waals surface area contributed by atoms with E-state index in [4.69, 9.17) is 9.47 Å². The largest absolute Gasteiger partial charge is 0.478 e. The van der Waals surface area contributed by atoms with Crippen molar-refractivity contribution in [3.8, 4) is 0 Å². The second-order valence-corrected chi connectivity index (χ2v) is 10.8. The Bertz CT molecular complexity index is 1060. The predicted molar refractivity (Wildman–Crippen MR) is 125 cm³/mol. The number of anilines is 1. The standard InChI is InChI=1S/C23H32FNO10S/c1-2-3-4-13-9-14(24)5-6-16(13)25-36(32,33)19-7-8-23(10-15(19)22(30)31)34-20(17(28)11-26)21(35-23)18(29)12-27/h5-6,9-10,17-21,25-29H,2-4,7-8,11-12H2,1H3,(H,30,31). The topological polar surface area (TPSA) is 183 Å². The summed E-state index contributed by atoms with van der Waals surface area (Å²) in [5, 5.41) is 47.2. The van der Waals surface area contributed by atoms with Gasteiger partial charge in [0.2, 0.25) is 10.0 Å². The number of unbranched alkanes of at least 4 members (excludes halogenated alkanes) is 1. The Morgan fingerprint density at radius 3 is 2.33 bits per heavy atom. The molecule has 6 N–H and O–H groups in total. The molecule has 2 aliphatic rings. The minimum atomic E-state index is -4.32. The van der Waals surface area contributed by atoms with E-state index in [1.807, 2.05) is 6.92 Å². The van der Waals surface area contributed by atoms with Crippen molar-refractivity contribution in [1.29, 1.82) is 0 Å². The first-order valence-electron chi connectivity index (χ1n) is 11.7. The molecule has 0 amide bonds. The van der Waals surface area contributed by atoms with Crippen LogP contribution in [0.1, 0.15) is 38.2 Å². The van der Waals surface area contributed by atoms with Crippen molar-refractivity contribution in [2.75, 3.05) is 17.9 Å². The van der Waals surface area contributed by atoms with Gasteiger partial charge < -0.3 is 35.0 Å². The van der Waals surface area contributed by atoms with Gasteiger partial charge in [-0.2, -0.15) is 0 Å². The van der Waals surface area contributed by atoms with Crippen molar-refractivity contribution in [3.05, 3.63) is 41.2 Å². The lowest BCUT2D eigenvalue weighted by Gasteiger charge is -2.33. The molecule has 1 heterocycles. The smallest absolute Gasteiger partial charge is 0.332 e. The van der Waals surface area contributed by atoms with Crippen LogP contribution in [0.2, 0.25) is 0 Å². The average Bonchev–Trinajstić information content (AvgIpc) is 3.21. The maximum Gasteiger partial charge on any atom is 0.332 e. The molecule has 0 aromatic heterocycles. The molecule has 5 unspecified atom stereocenters. The molecule has 0 bridgehead atoms. The van der Waals surface area contributed by atoms with E-state index in [0.29, 0.717) is 18.4 Å². The summed E-state index contributed by atoms with van der Waals surface area (Å²) in [5.74, 6) is -3.87. The molecule has 11 nitrogen and oxygen atoms in total. The van der Waals surface area contributed by atoms with Crippen molar-refractivity contribution in [2.45, 2.75) is 74.5 Å². The highest BCUT2D eigenvalue weighted by Gasteiger charge is 2.54. The number of benzene rings is 1. The molecule has 0 radical (unpaired) electrons. The van der Waals surface area contributed by atoms with Crippen LogP contribution in [0.25, 0.3) is 0 Å². The second-order valence-electron chi connectivity index (χ2n) is 8.96. The van der Waals surface area contributed by atoms with E-state index in [0.717, 1.165) is 18.6 Å². The Hall–Kier alpha value is -2.13. The summed E-state index contributed by atoms with van der Waals surface area (Å²) in [4.78, 5) is 12.1. The van der Waals surface area contributed by atoms with Crippen molar-refractivity contribution in [2.24, 2.45) is 0 Å². The molecule has 1 saturated heterocycles. The molecule has 1 aromatic rings. The van der Waals surface area contributed by atoms with Crippen molar-refractivity contribution < 1.29 is 52.6 Å². The molecule has 1 aliphatic heterocycles. The number of hydrogen-bond donors (Lipinski definition) is 6. The third-order valence-corrected chi connectivity index (χ3v) is 8.09. The lowest BCUT2D eigenvalue weighted by molar-refractivity contribution is -0.163. The van der Waals surface area contributed by atoms with Crippen LogP contribution < -0.4 is 4.72 Å². The molecule has 5 atom stereocenters. The van der Waals surface area contributed by atoms with Gasteiger partial charge in [-0.05, 0) is 49.1 Å². The van der Waals surface area contributed by atoms with Gasteiger partial charge >= 0.3 is 5.97 Å². The third kappa shape index (κ3) is 6.05. The first-order chi connectivity index (χ1) is 17.0. The maximum atomic E-state index is 13.8. The summed E-state index contributed by atoms with van der Waals surface area (Å²) in [7, 11) is -4.32. The molecule has 1 aliphatic carbocycles. The SMILES string of the molecule is CCCCc1cc(F)ccc1NS(=O)(=O)C1CCC2(C=C1C(=O)O)OC(C(O)CO)C(C(O)CO)O2. The molecular weight excluding hydrogens is 501 g/mol. The summed E-state index contributed by atoms with van der Waals surface area (Å²) >= 11 is 0. The lowest BCUT2D eigenvalue weighted by Crippen LogP contribution is -2.45. The Morgan fingerprint density at radius 1 is 1.19 bits per heavy atom. The van der Waals surface area contributed by atoms with Crippen LogP contribution in [-0.4, -0.2) is 88.6 Å². The van der Waals surface area contributed by atoms with E-state index in [2.05, 4.69) is 4.72 Å². The number of ether oxygens (including phenoxy) is 2. The fourth-order valence-corrected chi connectivity index (χ4v) is 6.06.